The molecule has 188 valence electrons. The number of urea groups is 1. The van der Waals surface area contributed by atoms with Crippen molar-refractivity contribution in [3.05, 3.63) is 88.9 Å². The zero-order valence-corrected chi connectivity index (χ0v) is 21.3. The molecule has 2 aromatic carbocycles. The van der Waals surface area contributed by atoms with Gasteiger partial charge in [0.05, 0.1) is 10.7 Å². The molecule has 0 atom stereocenters. The minimum Gasteiger partial charge on any atom is -0.324 e. The Morgan fingerprint density at radius 3 is 2.54 bits per heavy atom. The van der Waals surface area contributed by atoms with E-state index < -0.39 is 0 Å². The average molecular weight is 513 g/mol. The van der Waals surface area contributed by atoms with Crippen molar-refractivity contribution in [3.8, 4) is 11.3 Å². The van der Waals surface area contributed by atoms with Crippen molar-refractivity contribution < 1.29 is 9.59 Å². The highest BCUT2D eigenvalue weighted by atomic mass is 32.1. The van der Waals surface area contributed by atoms with Crippen molar-refractivity contribution in [2.75, 3.05) is 23.7 Å². The number of thiazole rings is 1. The van der Waals surface area contributed by atoms with Gasteiger partial charge in [-0.25, -0.2) is 9.78 Å². The van der Waals surface area contributed by atoms with Crippen molar-refractivity contribution in [1.29, 1.82) is 0 Å². The van der Waals surface area contributed by atoms with Crippen LogP contribution in [0.4, 0.5) is 16.3 Å². The zero-order valence-electron chi connectivity index (χ0n) is 20.5. The number of nitrogens with zero attached hydrogens (tertiary/aromatic N) is 3. The van der Waals surface area contributed by atoms with Gasteiger partial charge in [0.2, 0.25) is 0 Å². The van der Waals surface area contributed by atoms with E-state index in [1.54, 1.807) is 10.3 Å². The fraction of sp³-hybridized carbons (Fsp3) is 0.214. The lowest BCUT2D eigenvalue weighted by atomic mass is 9.98. The standard InChI is InChI=1S/C28H28N6O2S/c1-18(2)21-10-6-7-11-22(21)29-26(35)24-17-37-27(30-24)20-12-14-34(15-13-20)28(36)31-25-16-23(32-33-25)19-8-4-3-5-9-19/h3-11,16-17,20H,1,12-15H2,2H3,(H,29,35)(H2,31,32,33,36). The van der Waals surface area contributed by atoms with Gasteiger partial charge in [0.25, 0.3) is 5.91 Å². The number of benzene rings is 2. The largest absolute Gasteiger partial charge is 0.324 e. The van der Waals surface area contributed by atoms with E-state index in [0.29, 0.717) is 24.6 Å². The number of carbonyl (C=O) groups excluding carboxylic acids is 2. The maximum absolute atomic E-state index is 12.8. The maximum Gasteiger partial charge on any atom is 0.323 e. The van der Waals surface area contributed by atoms with Crippen LogP contribution in [0.1, 0.15) is 46.7 Å². The summed E-state index contributed by atoms with van der Waals surface area (Å²) in [7, 11) is 0. The number of amides is 3. The Bertz CT molecular complexity index is 1420. The topological polar surface area (TPSA) is 103 Å². The van der Waals surface area contributed by atoms with Gasteiger partial charge >= 0.3 is 6.03 Å². The maximum atomic E-state index is 12.8. The molecule has 1 aliphatic heterocycles. The number of anilines is 2. The van der Waals surface area contributed by atoms with Crippen LogP contribution in [0.2, 0.25) is 0 Å². The van der Waals surface area contributed by atoms with Gasteiger partial charge in [0, 0.05) is 41.7 Å². The van der Waals surface area contributed by atoms with E-state index in [1.165, 1.54) is 11.3 Å². The third-order valence-corrected chi connectivity index (χ3v) is 7.43. The summed E-state index contributed by atoms with van der Waals surface area (Å²) in [6.45, 7) is 7.12. The van der Waals surface area contributed by atoms with Gasteiger partial charge in [-0.05, 0) is 37.0 Å². The summed E-state index contributed by atoms with van der Waals surface area (Å²) in [6.07, 6.45) is 1.58. The Labute approximate surface area is 219 Å². The molecule has 0 aliphatic carbocycles. The number of hydrogen-bond acceptors (Lipinski definition) is 5. The van der Waals surface area contributed by atoms with Gasteiger partial charge in [-0.3, -0.25) is 15.2 Å². The highest BCUT2D eigenvalue weighted by Crippen LogP contribution is 2.31. The van der Waals surface area contributed by atoms with E-state index in [9.17, 15) is 9.59 Å². The van der Waals surface area contributed by atoms with Crippen LogP contribution in [0.5, 0.6) is 0 Å². The van der Waals surface area contributed by atoms with Gasteiger partial charge in [-0.15, -0.1) is 11.3 Å². The van der Waals surface area contributed by atoms with Crippen molar-refractivity contribution in [1.82, 2.24) is 20.1 Å². The summed E-state index contributed by atoms with van der Waals surface area (Å²) in [5.41, 5.74) is 4.78. The number of aromatic amines is 1. The number of H-pyrrole nitrogens is 1. The summed E-state index contributed by atoms with van der Waals surface area (Å²) in [5, 5.41) is 15.8. The Balaban J connectivity index is 1.15. The van der Waals surface area contributed by atoms with Gasteiger partial charge < -0.3 is 10.2 Å². The summed E-state index contributed by atoms with van der Waals surface area (Å²) < 4.78 is 0. The summed E-state index contributed by atoms with van der Waals surface area (Å²) in [5.74, 6) is 0.477. The van der Waals surface area contributed by atoms with Gasteiger partial charge in [0.15, 0.2) is 5.82 Å². The average Bonchev–Trinajstić information content (AvgIpc) is 3.60. The molecule has 0 saturated carbocycles. The summed E-state index contributed by atoms with van der Waals surface area (Å²) >= 11 is 1.50. The van der Waals surface area contributed by atoms with Gasteiger partial charge in [-0.2, -0.15) is 5.10 Å². The van der Waals surface area contributed by atoms with Crippen LogP contribution in [0.25, 0.3) is 16.8 Å². The number of aromatic nitrogens is 3. The molecule has 4 aromatic rings. The lowest BCUT2D eigenvalue weighted by Crippen LogP contribution is -2.40. The number of para-hydroxylation sites is 1. The molecule has 3 heterocycles. The van der Waals surface area contributed by atoms with E-state index in [4.69, 9.17) is 0 Å². The van der Waals surface area contributed by atoms with Crippen molar-refractivity contribution in [3.63, 3.8) is 0 Å². The minimum atomic E-state index is -0.234. The molecule has 1 aliphatic rings. The smallest absolute Gasteiger partial charge is 0.323 e. The fourth-order valence-corrected chi connectivity index (χ4v) is 5.37. The summed E-state index contributed by atoms with van der Waals surface area (Å²) in [6, 6.07) is 19.1. The van der Waals surface area contributed by atoms with E-state index in [2.05, 4.69) is 32.4 Å². The highest BCUT2D eigenvalue weighted by molar-refractivity contribution is 7.10. The number of allylic oxidation sites excluding steroid dienone is 1. The first kappa shape index (κ1) is 24.5. The number of rotatable bonds is 6. The number of nitrogens with one attached hydrogen (secondary N) is 3. The number of piperidine rings is 1. The molecule has 0 spiro atoms. The Morgan fingerprint density at radius 1 is 1.05 bits per heavy atom. The summed E-state index contributed by atoms with van der Waals surface area (Å²) in [4.78, 5) is 32.0. The van der Waals surface area contributed by atoms with Crippen molar-refractivity contribution in [2.24, 2.45) is 0 Å². The SMILES string of the molecule is C=C(C)c1ccccc1NC(=O)c1csc(C2CCN(C(=O)Nc3cc(-c4ccccc4)[nH]n3)CC2)n1. The monoisotopic (exact) mass is 512 g/mol. The van der Waals surface area contributed by atoms with Crippen LogP contribution >= 0.6 is 11.3 Å². The molecule has 2 aromatic heterocycles. The molecule has 3 amide bonds. The second-order valence-corrected chi connectivity index (χ2v) is 9.97. The van der Waals surface area contributed by atoms with Crippen LogP contribution in [0.15, 0.2) is 72.6 Å². The molecule has 5 rings (SSSR count). The molecule has 1 saturated heterocycles. The second kappa shape index (κ2) is 10.8. The minimum absolute atomic E-state index is 0.167. The fourth-order valence-electron chi connectivity index (χ4n) is 4.40. The molecule has 1 fully saturated rings. The molecule has 37 heavy (non-hydrogen) atoms. The van der Waals surface area contributed by atoms with Crippen LogP contribution in [0, 0.1) is 0 Å². The number of likely N-dealkylation sites (tertiary alicyclic amines) is 1. The van der Waals surface area contributed by atoms with Crippen LogP contribution in [-0.2, 0) is 0 Å². The van der Waals surface area contributed by atoms with Gasteiger partial charge in [-0.1, -0.05) is 55.1 Å². The molecule has 9 heteroatoms. The normalized spacial score (nSPS) is 13.8. The predicted octanol–water partition coefficient (Wildman–Crippen LogP) is 6.23. The quantitative estimate of drug-likeness (QED) is 0.285. The van der Waals surface area contributed by atoms with Crippen molar-refractivity contribution >= 4 is 40.4 Å². The van der Waals surface area contributed by atoms with Crippen molar-refractivity contribution in [2.45, 2.75) is 25.7 Å². The molecule has 3 N–H and O–H groups in total. The predicted molar refractivity (Wildman–Crippen MR) is 148 cm³/mol. The van der Waals surface area contributed by atoms with E-state index in [1.807, 2.05) is 67.6 Å². The first-order valence-corrected chi connectivity index (χ1v) is 13.0. The third-order valence-electron chi connectivity index (χ3n) is 6.42. The van der Waals surface area contributed by atoms with Crippen LogP contribution < -0.4 is 10.6 Å². The zero-order chi connectivity index (χ0) is 25.8. The Kier molecular flexibility index (Phi) is 7.14. The second-order valence-electron chi connectivity index (χ2n) is 9.08. The van der Waals surface area contributed by atoms with Crippen LogP contribution in [-0.4, -0.2) is 45.1 Å². The van der Waals surface area contributed by atoms with Crippen LogP contribution in [0.3, 0.4) is 0 Å². The van der Waals surface area contributed by atoms with Gasteiger partial charge in [0.1, 0.15) is 5.69 Å². The van der Waals surface area contributed by atoms with E-state index in [-0.39, 0.29) is 17.9 Å². The lowest BCUT2D eigenvalue weighted by molar-refractivity contribution is 0.102. The Hall–Kier alpha value is -4.24. The first-order chi connectivity index (χ1) is 18.0. The van der Waals surface area contributed by atoms with E-state index >= 15 is 0 Å². The number of hydrogen-bond donors (Lipinski definition) is 3. The molecular formula is C28H28N6O2S. The lowest BCUT2D eigenvalue weighted by Gasteiger charge is -2.30. The highest BCUT2D eigenvalue weighted by Gasteiger charge is 2.27. The molecule has 0 unspecified atom stereocenters. The molecular weight excluding hydrogens is 484 g/mol. The first-order valence-electron chi connectivity index (χ1n) is 12.2. The molecule has 8 nitrogen and oxygen atoms in total. The van der Waals surface area contributed by atoms with E-state index in [0.717, 1.165) is 45.9 Å². The number of carbonyl (C=O) groups is 2. The molecule has 0 radical (unpaired) electrons. The Morgan fingerprint density at radius 2 is 1.78 bits per heavy atom. The molecule has 0 bridgehead atoms. The third kappa shape index (κ3) is 5.62.